The van der Waals surface area contributed by atoms with Crippen LogP contribution >= 0.6 is 0 Å². The van der Waals surface area contributed by atoms with E-state index in [9.17, 15) is 9.59 Å². The summed E-state index contributed by atoms with van der Waals surface area (Å²) in [6.07, 6.45) is 7.98. The van der Waals surface area contributed by atoms with Gasteiger partial charge in [-0.15, -0.1) is 0 Å². The number of H-pyrrole nitrogens is 1. The first-order valence-corrected chi connectivity index (χ1v) is 30.1. The number of rotatable bonds is 16. The standard InChI is InChI=1S/C21H37N2O5Si2.3C4H9.Sn/c1-20(2,3)29(7,8)26-14-16-15(28-30(9,10)21(4,5)6)13-18(27-16)23-12-11-17(24)22-19(23)25;3*1-3-4-2;/h11-12,15-16H,14H2,1-10H3,(H,22,24,25);3*1,3-4H2,2H3;/t15-,16+;;;;/m0..../s1. The van der Waals surface area contributed by atoms with Crippen LogP contribution in [0.3, 0.4) is 0 Å². The Labute approximate surface area is 268 Å². The van der Waals surface area contributed by atoms with Gasteiger partial charge in [-0.1, -0.05) is 0 Å². The number of hydrogen-bond acceptors (Lipinski definition) is 5. The number of ether oxygens (including phenoxy) is 1. The normalized spacial score (nSPS) is 18.8. The van der Waals surface area contributed by atoms with Crippen LogP contribution in [0.15, 0.2) is 25.4 Å². The molecule has 0 unspecified atom stereocenters. The first-order valence-electron chi connectivity index (χ1n) is 16.8. The van der Waals surface area contributed by atoms with E-state index in [1.54, 1.807) is 10.8 Å². The third-order valence-electron chi connectivity index (χ3n) is 10.4. The molecule has 10 heteroatoms. The summed E-state index contributed by atoms with van der Waals surface area (Å²) in [7, 11) is -4.35. The second-order valence-corrected chi connectivity index (χ2v) is 38.5. The first kappa shape index (κ1) is 38.6. The molecule has 1 N–H and O–H groups in total. The second kappa shape index (κ2) is 15.3. The van der Waals surface area contributed by atoms with Gasteiger partial charge in [0.1, 0.15) is 0 Å². The quantitative estimate of drug-likeness (QED) is 0.171. The topological polar surface area (TPSA) is 82.6 Å². The Bertz CT molecular complexity index is 1170. The van der Waals surface area contributed by atoms with Gasteiger partial charge < -0.3 is 0 Å². The molecule has 2 atom stereocenters. The molecule has 1 aliphatic rings. The third-order valence-corrected chi connectivity index (χ3v) is 35.3. The molecule has 0 saturated carbocycles. The number of aromatic nitrogens is 2. The number of aromatic amines is 1. The molecule has 0 saturated heterocycles. The van der Waals surface area contributed by atoms with E-state index in [1.165, 1.54) is 42.2 Å². The molecule has 43 heavy (non-hydrogen) atoms. The van der Waals surface area contributed by atoms with Gasteiger partial charge in [0, 0.05) is 0 Å². The Morgan fingerprint density at radius 1 is 0.860 bits per heavy atom. The third kappa shape index (κ3) is 9.45. The zero-order valence-electron chi connectivity index (χ0n) is 29.9. The van der Waals surface area contributed by atoms with Crippen molar-refractivity contribution in [1.29, 1.82) is 0 Å². The minimum atomic E-state index is -3.27. The molecule has 2 heterocycles. The summed E-state index contributed by atoms with van der Waals surface area (Å²) < 4.78 is 27.8. The fourth-order valence-electron chi connectivity index (χ4n) is 5.45. The van der Waals surface area contributed by atoms with E-state index in [0.717, 1.165) is 19.3 Å². The fraction of sp³-hybridized carbons (Fsp3) is 0.818. The average molecular weight is 744 g/mol. The Hall–Kier alpha value is -0.628. The molecule has 0 aliphatic carbocycles. The van der Waals surface area contributed by atoms with Gasteiger partial charge in [0.2, 0.25) is 0 Å². The van der Waals surface area contributed by atoms with Gasteiger partial charge in [0.25, 0.3) is 0 Å². The van der Waals surface area contributed by atoms with Crippen LogP contribution in [0.1, 0.15) is 101 Å². The van der Waals surface area contributed by atoms with Gasteiger partial charge in [0.15, 0.2) is 0 Å². The molecule has 1 aromatic heterocycles. The average Bonchev–Trinajstić information content (AvgIpc) is 3.23. The Kier molecular flexibility index (Phi) is 13.7. The Balaban J connectivity index is 2.93. The van der Waals surface area contributed by atoms with Gasteiger partial charge in [-0.05, 0) is 0 Å². The van der Waals surface area contributed by atoms with Crippen molar-refractivity contribution < 1.29 is 13.6 Å². The monoisotopic (exact) mass is 744 g/mol. The minimum absolute atomic E-state index is 0.00889. The van der Waals surface area contributed by atoms with Crippen LogP contribution in [0.4, 0.5) is 0 Å². The van der Waals surface area contributed by atoms with E-state index in [2.05, 4.69) is 93.5 Å². The van der Waals surface area contributed by atoms with Crippen LogP contribution in [0, 0.1) is 0 Å². The summed E-state index contributed by atoms with van der Waals surface area (Å²) >= 11 is -3.27. The fourth-order valence-corrected chi connectivity index (χ4v) is 25.6. The van der Waals surface area contributed by atoms with Crippen LogP contribution in [0.25, 0.3) is 5.88 Å². The predicted octanol–water partition coefficient (Wildman–Crippen LogP) is 8.90. The van der Waals surface area contributed by atoms with Crippen LogP contribution in [-0.2, 0) is 13.6 Å². The maximum absolute atomic E-state index is 13.4. The number of nitrogens with zero attached hydrogens (tertiary/aromatic N) is 1. The van der Waals surface area contributed by atoms with Crippen molar-refractivity contribution in [2.24, 2.45) is 0 Å². The summed E-state index contributed by atoms with van der Waals surface area (Å²) in [5.41, 5.74) is -0.843. The summed E-state index contributed by atoms with van der Waals surface area (Å²) in [5.74, 6) is 0.632. The summed E-state index contributed by atoms with van der Waals surface area (Å²) in [4.78, 5) is 28.1. The molecule has 0 spiro atoms. The molecular weight excluding hydrogens is 679 g/mol. The predicted molar refractivity (Wildman–Crippen MR) is 190 cm³/mol. The van der Waals surface area contributed by atoms with E-state index in [-0.39, 0.29) is 22.3 Å². The van der Waals surface area contributed by atoms with Gasteiger partial charge >= 0.3 is 270 Å². The molecule has 0 radical (unpaired) electrons. The zero-order chi connectivity index (χ0) is 32.9. The van der Waals surface area contributed by atoms with Gasteiger partial charge in [-0.3, -0.25) is 0 Å². The summed E-state index contributed by atoms with van der Waals surface area (Å²) in [6, 6.07) is 1.43. The molecular formula is C33H64N2O5Si2Sn. The number of unbranched alkanes of at least 4 members (excludes halogenated alkanes) is 3. The van der Waals surface area contributed by atoms with Crippen molar-refractivity contribution >= 4 is 40.9 Å². The molecule has 0 aromatic carbocycles. The van der Waals surface area contributed by atoms with Crippen LogP contribution in [0.2, 0.25) is 49.6 Å². The van der Waals surface area contributed by atoms with Crippen LogP contribution in [0.5, 0.6) is 0 Å². The van der Waals surface area contributed by atoms with E-state index >= 15 is 0 Å². The molecule has 1 aromatic rings. The Morgan fingerprint density at radius 2 is 1.35 bits per heavy atom. The molecule has 0 amide bonds. The SMILES string of the molecule is CCC[CH2][Sn]([CH2]CCC)([CH2]CCC)[C]1=C(n2ccc(=O)[nH]c2=O)O[C@H](CO[Si](C)(C)C(C)(C)C)[C@H]1O[Si](C)(C)C(C)(C)C. The van der Waals surface area contributed by atoms with E-state index in [4.69, 9.17) is 13.6 Å². The molecule has 0 fully saturated rings. The maximum atomic E-state index is 13.4. The second-order valence-electron chi connectivity index (χ2n) is 15.8. The number of hydrogen-bond donors (Lipinski definition) is 1. The molecule has 0 bridgehead atoms. The summed E-state index contributed by atoms with van der Waals surface area (Å²) in [5, 5.41) is 0.0671. The zero-order valence-corrected chi connectivity index (χ0v) is 34.7. The number of nitrogens with one attached hydrogen (secondary N) is 1. The molecule has 248 valence electrons. The van der Waals surface area contributed by atoms with Crippen LogP contribution < -0.4 is 11.2 Å². The Morgan fingerprint density at radius 3 is 1.77 bits per heavy atom. The van der Waals surface area contributed by atoms with Gasteiger partial charge in [0.05, 0.1) is 0 Å². The van der Waals surface area contributed by atoms with Crippen molar-refractivity contribution in [2.45, 2.75) is 163 Å². The molecule has 1 aliphatic heterocycles. The van der Waals surface area contributed by atoms with E-state index in [1.807, 2.05) is 0 Å². The van der Waals surface area contributed by atoms with Crippen molar-refractivity contribution in [3.8, 4) is 0 Å². The summed E-state index contributed by atoms with van der Waals surface area (Å²) in [6.45, 7) is 30.1. The van der Waals surface area contributed by atoms with Crippen molar-refractivity contribution in [2.75, 3.05) is 6.61 Å². The first-order chi connectivity index (χ1) is 19.8. The van der Waals surface area contributed by atoms with Crippen molar-refractivity contribution in [1.82, 2.24) is 9.55 Å². The molecule has 2 rings (SSSR count). The van der Waals surface area contributed by atoms with E-state index in [0.29, 0.717) is 12.5 Å². The van der Waals surface area contributed by atoms with E-state index < -0.39 is 46.3 Å². The van der Waals surface area contributed by atoms with Crippen molar-refractivity contribution in [3.63, 3.8) is 0 Å². The van der Waals surface area contributed by atoms with Crippen LogP contribution in [-0.4, -0.2) is 63.4 Å². The van der Waals surface area contributed by atoms with Gasteiger partial charge in [-0.25, -0.2) is 0 Å². The van der Waals surface area contributed by atoms with Gasteiger partial charge in [-0.2, -0.15) is 0 Å². The molecule has 7 nitrogen and oxygen atoms in total. The van der Waals surface area contributed by atoms with Crippen molar-refractivity contribution in [3.05, 3.63) is 36.7 Å².